The second-order valence-electron chi connectivity index (χ2n) is 8.05. The van der Waals surface area contributed by atoms with Gasteiger partial charge < -0.3 is 14.5 Å². The van der Waals surface area contributed by atoms with E-state index in [0.717, 1.165) is 5.56 Å². The molecule has 1 aliphatic heterocycles. The van der Waals surface area contributed by atoms with Gasteiger partial charge in [0.15, 0.2) is 23.2 Å². The summed E-state index contributed by atoms with van der Waals surface area (Å²) < 4.78 is 20.7. The first-order valence-electron chi connectivity index (χ1n) is 11.3. The van der Waals surface area contributed by atoms with Crippen LogP contribution < -0.4 is 9.64 Å². The predicted octanol–water partition coefficient (Wildman–Crippen LogP) is 2.90. The van der Waals surface area contributed by atoms with Gasteiger partial charge in [-0.25, -0.2) is 24.0 Å². The zero-order valence-corrected chi connectivity index (χ0v) is 19.2. The van der Waals surface area contributed by atoms with Gasteiger partial charge in [0.1, 0.15) is 6.54 Å². The second-order valence-corrected chi connectivity index (χ2v) is 8.05. The highest BCUT2D eigenvalue weighted by molar-refractivity contribution is 5.77. The number of amides is 1. The van der Waals surface area contributed by atoms with Crippen molar-refractivity contribution < 1.29 is 13.9 Å². The van der Waals surface area contributed by atoms with E-state index in [1.54, 1.807) is 40.2 Å². The summed E-state index contributed by atoms with van der Waals surface area (Å²) >= 11 is 0. The molecule has 0 bridgehead atoms. The van der Waals surface area contributed by atoms with Crippen LogP contribution in [0, 0.1) is 5.82 Å². The van der Waals surface area contributed by atoms with Crippen LogP contribution in [0.15, 0.2) is 67.0 Å². The molecule has 3 heterocycles. The summed E-state index contributed by atoms with van der Waals surface area (Å²) in [6, 6.07) is 15.8. The third kappa shape index (κ3) is 4.81. The summed E-state index contributed by atoms with van der Waals surface area (Å²) in [6.45, 7) is 2.40. The molecule has 2 aromatic heterocycles. The van der Waals surface area contributed by atoms with E-state index in [1.165, 1.54) is 13.2 Å². The molecular weight excluding hydrogens is 449 g/mol. The molecule has 0 spiro atoms. The maximum Gasteiger partial charge on any atom is 0.244 e. The van der Waals surface area contributed by atoms with E-state index in [-0.39, 0.29) is 18.2 Å². The Labute approximate surface area is 201 Å². The average molecular weight is 474 g/mol. The summed E-state index contributed by atoms with van der Waals surface area (Å²) in [4.78, 5) is 30.3. The normalized spacial score (nSPS) is 13.7. The molecule has 1 saturated heterocycles. The highest BCUT2D eigenvalue weighted by Crippen LogP contribution is 2.27. The Kier molecular flexibility index (Phi) is 6.34. The second kappa shape index (κ2) is 9.88. The first-order valence-corrected chi connectivity index (χ1v) is 11.3. The fourth-order valence-corrected chi connectivity index (χ4v) is 4.01. The minimum absolute atomic E-state index is 0.0106. The van der Waals surface area contributed by atoms with Crippen molar-refractivity contribution in [2.75, 3.05) is 38.2 Å². The Morgan fingerprint density at radius 1 is 0.971 bits per heavy atom. The molecule has 0 saturated carbocycles. The minimum atomic E-state index is -0.470. The fourth-order valence-electron chi connectivity index (χ4n) is 4.01. The van der Waals surface area contributed by atoms with Crippen LogP contribution in [0.2, 0.25) is 0 Å². The fraction of sp³-hybridized carbons (Fsp3) is 0.240. The molecular formula is C25H24FN7O2. The van der Waals surface area contributed by atoms with Crippen molar-refractivity contribution in [3.63, 3.8) is 0 Å². The van der Waals surface area contributed by atoms with E-state index in [1.807, 2.05) is 30.3 Å². The lowest BCUT2D eigenvalue weighted by molar-refractivity contribution is -0.132. The van der Waals surface area contributed by atoms with Gasteiger partial charge in [-0.1, -0.05) is 30.3 Å². The molecule has 4 aromatic rings. The number of hydrogen-bond acceptors (Lipinski definition) is 7. The molecule has 9 nitrogen and oxygen atoms in total. The number of ether oxygens (including phenoxy) is 1. The third-order valence-corrected chi connectivity index (χ3v) is 5.87. The number of halogens is 1. The van der Waals surface area contributed by atoms with Crippen LogP contribution >= 0.6 is 0 Å². The number of nitrogens with zero attached hydrogens (tertiary/aromatic N) is 7. The lowest BCUT2D eigenvalue weighted by Gasteiger charge is -2.34. The standard InChI is InChI=1S/C25H24FN7O2/c1-35-21-16-19(8-9-20(21)26)24-29-23(18-6-3-2-4-7-18)30-33(24)17-22(34)31-12-14-32(15-13-31)25-27-10-5-11-28-25/h2-11,16H,12-15,17H2,1H3. The first kappa shape index (κ1) is 22.5. The molecule has 178 valence electrons. The number of anilines is 1. The highest BCUT2D eigenvalue weighted by atomic mass is 19.1. The maximum atomic E-state index is 14.0. The number of benzene rings is 2. The molecule has 1 amide bonds. The number of methoxy groups -OCH3 is 1. The first-order chi connectivity index (χ1) is 17.1. The smallest absolute Gasteiger partial charge is 0.244 e. The van der Waals surface area contributed by atoms with E-state index in [9.17, 15) is 9.18 Å². The molecule has 1 fully saturated rings. The molecule has 5 rings (SSSR count). The van der Waals surface area contributed by atoms with E-state index >= 15 is 0 Å². The summed E-state index contributed by atoms with van der Waals surface area (Å²) in [5.41, 5.74) is 1.43. The van der Waals surface area contributed by atoms with Gasteiger partial charge in [0.25, 0.3) is 0 Å². The highest BCUT2D eigenvalue weighted by Gasteiger charge is 2.24. The van der Waals surface area contributed by atoms with E-state index < -0.39 is 5.82 Å². The van der Waals surface area contributed by atoms with Crippen LogP contribution in [0.25, 0.3) is 22.8 Å². The zero-order valence-electron chi connectivity index (χ0n) is 19.2. The van der Waals surface area contributed by atoms with Crippen molar-refractivity contribution in [3.05, 3.63) is 72.8 Å². The molecule has 2 aromatic carbocycles. The zero-order chi connectivity index (χ0) is 24.2. The molecule has 10 heteroatoms. The SMILES string of the molecule is COc1cc(-c2nc(-c3ccccc3)nn2CC(=O)N2CCN(c3ncccn3)CC2)ccc1F. The number of carbonyl (C=O) groups excluding carboxylic acids is 1. The molecule has 0 N–H and O–H groups in total. The lowest BCUT2D eigenvalue weighted by atomic mass is 10.2. The maximum absolute atomic E-state index is 14.0. The van der Waals surface area contributed by atoms with Crippen molar-refractivity contribution >= 4 is 11.9 Å². The number of rotatable bonds is 6. The summed E-state index contributed by atoms with van der Waals surface area (Å²) in [5.74, 6) is 1.18. The van der Waals surface area contributed by atoms with Crippen molar-refractivity contribution in [3.8, 4) is 28.5 Å². The quantitative estimate of drug-likeness (QED) is 0.425. The Hall–Kier alpha value is -4.34. The van der Waals surface area contributed by atoms with Crippen molar-refractivity contribution in [1.29, 1.82) is 0 Å². The van der Waals surface area contributed by atoms with Gasteiger partial charge in [0.2, 0.25) is 11.9 Å². The summed E-state index contributed by atoms with van der Waals surface area (Å²) in [6.07, 6.45) is 3.42. The molecule has 0 radical (unpaired) electrons. The Balaban J connectivity index is 1.38. The molecule has 1 aliphatic rings. The number of hydrogen-bond donors (Lipinski definition) is 0. The number of piperazine rings is 1. The third-order valence-electron chi connectivity index (χ3n) is 5.87. The minimum Gasteiger partial charge on any atom is -0.494 e. The average Bonchev–Trinajstić information content (AvgIpc) is 3.33. The van der Waals surface area contributed by atoms with Crippen molar-refractivity contribution in [2.24, 2.45) is 0 Å². The van der Waals surface area contributed by atoms with Gasteiger partial charge in [-0.05, 0) is 24.3 Å². The van der Waals surface area contributed by atoms with E-state index in [2.05, 4.69) is 25.0 Å². The van der Waals surface area contributed by atoms with Crippen LogP contribution in [0.3, 0.4) is 0 Å². The van der Waals surface area contributed by atoms with Gasteiger partial charge in [-0.15, -0.1) is 5.10 Å². The van der Waals surface area contributed by atoms with Crippen LogP contribution in [0.5, 0.6) is 5.75 Å². The van der Waals surface area contributed by atoms with Crippen molar-refractivity contribution in [1.82, 2.24) is 29.6 Å². The molecule has 35 heavy (non-hydrogen) atoms. The lowest BCUT2D eigenvalue weighted by Crippen LogP contribution is -2.50. The molecule has 0 atom stereocenters. The van der Waals surface area contributed by atoms with Gasteiger partial charge in [0, 0.05) is 49.7 Å². The Morgan fingerprint density at radius 3 is 2.43 bits per heavy atom. The van der Waals surface area contributed by atoms with Crippen LogP contribution in [0.4, 0.5) is 10.3 Å². The van der Waals surface area contributed by atoms with Gasteiger partial charge in [-0.3, -0.25) is 4.79 Å². The number of aromatic nitrogens is 5. The van der Waals surface area contributed by atoms with Gasteiger partial charge in [0.05, 0.1) is 7.11 Å². The monoisotopic (exact) mass is 473 g/mol. The summed E-state index contributed by atoms with van der Waals surface area (Å²) in [5, 5.41) is 4.63. The van der Waals surface area contributed by atoms with Gasteiger partial charge in [-0.2, -0.15) is 0 Å². The van der Waals surface area contributed by atoms with E-state index in [0.29, 0.717) is 49.3 Å². The van der Waals surface area contributed by atoms with Crippen LogP contribution in [-0.4, -0.2) is 68.8 Å². The molecule has 0 aliphatic carbocycles. The van der Waals surface area contributed by atoms with Crippen LogP contribution in [0.1, 0.15) is 0 Å². The number of carbonyl (C=O) groups is 1. The van der Waals surface area contributed by atoms with E-state index in [4.69, 9.17) is 4.74 Å². The summed E-state index contributed by atoms with van der Waals surface area (Å²) in [7, 11) is 1.41. The predicted molar refractivity (Wildman–Crippen MR) is 128 cm³/mol. The van der Waals surface area contributed by atoms with Crippen LogP contribution in [-0.2, 0) is 11.3 Å². The Morgan fingerprint density at radius 2 is 1.71 bits per heavy atom. The Bertz CT molecular complexity index is 1310. The topological polar surface area (TPSA) is 89.3 Å². The van der Waals surface area contributed by atoms with Crippen molar-refractivity contribution in [2.45, 2.75) is 6.54 Å². The van der Waals surface area contributed by atoms with Gasteiger partial charge >= 0.3 is 0 Å². The largest absolute Gasteiger partial charge is 0.494 e. The molecule has 0 unspecified atom stereocenters.